The second-order valence-corrected chi connectivity index (χ2v) is 4.98. The summed E-state index contributed by atoms with van der Waals surface area (Å²) < 4.78 is 15.9. The third-order valence-electron chi connectivity index (χ3n) is 2.79. The van der Waals surface area contributed by atoms with Crippen molar-refractivity contribution in [3.05, 3.63) is 52.3 Å². The van der Waals surface area contributed by atoms with Crippen LogP contribution in [0.5, 0.6) is 0 Å². The van der Waals surface area contributed by atoms with Gasteiger partial charge in [-0.2, -0.15) is 0 Å². The molecular formula is C13H15BrFN3. The number of halogens is 2. The monoisotopic (exact) mass is 311 g/mol. The number of aryl methyl sites for hydroxylation is 1. The van der Waals surface area contributed by atoms with Crippen LogP contribution in [0.25, 0.3) is 0 Å². The van der Waals surface area contributed by atoms with Crippen molar-refractivity contribution in [1.29, 1.82) is 0 Å². The molecule has 0 spiro atoms. The Balaban J connectivity index is 2.32. The van der Waals surface area contributed by atoms with Crippen molar-refractivity contribution in [3.63, 3.8) is 0 Å². The predicted molar refractivity (Wildman–Crippen MR) is 72.6 cm³/mol. The second kappa shape index (κ2) is 5.63. The number of nitrogens with two attached hydrogens (primary N) is 1. The van der Waals surface area contributed by atoms with Crippen molar-refractivity contribution >= 4 is 15.9 Å². The number of hydrogen-bond donors (Lipinski definition) is 1. The Morgan fingerprint density at radius 3 is 2.94 bits per heavy atom. The largest absolute Gasteiger partial charge is 0.333 e. The fourth-order valence-electron chi connectivity index (χ4n) is 1.88. The van der Waals surface area contributed by atoms with E-state index in [0.29, 0.717) is 4.47 Å². The standard InChI is InChI=1S/C13H15BrFN3/c1-2-6-18-7-5-17-13(18)12(16)9-3-4-10(14)11(15)8-9/h3-5,7-8,12H,2,6,16H2,1H3. The Bertz CT molecular complexity index is 539. The minimum atomic E-state index is -0.408. The minimum absolute atomic E-state index is 0.309. The summed E-state index contributed by atoms with van der Waals surface area (Å²) in [4.78, 5) is 4.27. The van der Waals surface area contributed by atoms with Gasteiger partial charge in [0.2, 0.25) is 0 Å². The maximum Gasteiger partial charge on any atom is 0.137 e. The summed E-state index contributed by atoms with van der Waals surface area (Å²) in [6.45, 7) is 2.96. The molecular weight excluding hydrogens is 297 g/mol. The van der Waals surface area contributed by atoms with Crippen LogP contribution < -0.4 is 5.73 Å². The molecule has 3 nitrogen and oxygen atoms in total. The van der Waals surface area contributed by atoms with Gasteiger partial charge in [0.1, 0.15) is 11.6 Å². The molecule has 0 aliphatic rings. The van der Waals surface area contributed by atoms with E-state index in [9.17, 15) is 4.39 Å². The molecule has 0 radical (unpaired) electrons. The predicted octanol–water partition coefficient (Wildman–Crippen LogP) is 3.24. The molecule has 96 valence electrons. The number of hydrogen-bond acceptors (Lipinski definition) is 2. The van der Waals surface area contributed by atoms with Crippen molar-refractivity contribution in [2.45, 2.75) is 25.9 Å². The number of aromatic nitrogens is 2. The summed E-state index contributed by atoms with van der Waals surface area (Å²) in [6.07, 6.45) is 4.62. The molecule has 1 aromatic carbocycles. The van der Waals surface area contributed by atoms with Gasteiger partial charge >= 0.3 is 0 Å². The quantitative estimate of drug-likeness (QED) is 0.942. The lowest BCUT2D eigenvalue weighted by Gasteiger charge is -2.14. The van der Waals surface area contributed by atoms with Gasteiger partial charge in [-0.3, -0.25) is 0 Å². The van der Waals surface area contributed by atoms with Crippen LogP contribution in [0, 0.1) is 5.82 Å². The fourth-order valence-corrected chi connectivity index (χ4v) is 2.13. The lowest BCUT2D eigenvalue weighted by atomic mass is 10.1. The molecule has 1 unspecified atom stereocenters. The van der Waals surface area contributed by atoms with Crippen LogP contribution in [0.2, 0.25) is 0 Å². The van der Waals surface area contributed by atoms with Crippen LogP contribution in [-0.4, -0.2) is 9.55 Å². The van der Waals surface area contributed by atoms with E-state index in [-0.39, 0.29) is 5.82 Å². The van der Waals surface area contributed by atoms with Gasteiger partial charge in [-0.1, -0.05) is 13.0 Å². The molecule has 1 aromatic heterocycles. The van der Waals surface area contributed by atoms with Crippen LogP contribution in [0.4, 0.5) is 4.39 Å². The zero-order valence-electron chi connectivity index (χ0n) is 10.1. The fraction of sp³-hybridized carbons (Fsp3) is 0.308. The van der Waals surface area contributed by atoms with E-state index in [1.54, 1.807) is 12.3 Å². The molecule has 0 aliphatic carbocycles. The summed E-state index contributed by atoms with van der Waals surface area (Å²) >= 11 is 3.13. The van der Waals surface area contributed by atoms with E-state index in [0.717, 1.165) is 24.4 Å². The highest BCUT2D eigenvalue weighted by Crippen LogP contribution is 2.23. The SMILES string of the molecule is CCCn1ccnc1C(N)c1ccc(Br)c(F)c1. The number of nitrogens with zero attached hydrogens (tertiary/aromatic N) is 2. The highest BCUT2D eigenvalue weighted by atomic mass is 79.9. The topological polar surface area (TPSA) is 43.8 Å². The van der Waals surface area contributed by atoms with Gasteiger partial charge in [0.05, 0.1) is 10.5 Å². The van der Waals surface area contributed by atoms with Crippen LogP contribution in [0.3, 0.4) is 0 Å². The molecule has 0 saturated heterocycles. The van der Waals surface area contributed by atoms with E-state index < -0.39 is 6.04 Å². The Morgan fingerprint density at radius 2 is 2.28 bits per heavy atom. The van der Waals surface area contributed by atoms with Gasteiger partial charge in [-0.05, 0) is 40.0 Å². The van der Waals surface area contributed by atoms with Crippen molar-refractivity contribution in [3.8, 4) is 0 Å². The summed E-state index contributed by atoms with van der Waals surface area (Å²) in [6, 6.07) is 4.51. The molecule has 2 aromatic rings. The van der Waals surface area contributed by atoms with E-state index >= 15 is 0 Å². The van der Waals surface area contributed by atoms with Crippen LogP contribution >= 0.6 is 15.9 Å². The summed E-state index contributed by atoms with van der Waals surface area (Å²) in [5.74, 6) is 0.454. The number of benzene rings is 1. The molecule has 5 heteroatoms. The van der Waals surface area contributed by atoms with Crippen LogP contribution in [0.1, 0.15) is 30.8 Å². The first kappa shape index (κ1) is 13.2. The Labute approximate surface area is 114 Å². The maximum absolute atomic E-state index is 13.5. The first-order valence-electron chi connectivity index (χ1n) is 5.85. The first-order valence-corrected chi connectivity index (χ1v) is 6.64. The molecule has 18 heavy (non-hydrogen) atoms. The second-order valence-electron chi connectivity index (χ2n) is 4.13. The van der Waals surface area contributed by atoms with Gasteiger partial charge in [0.15, 0.2) is 0 Å². The van der Waals surface area contributed by atoms with Crippen molar-refractivity contribution < 1.29 is 4.39 Å². The molecule has 2 rings (SSSR count). The molecule has 0 bridgehead atoms. The van der Waals surface area contributed by atoms with E-state index in [2.05, 4.69) is 27.8 Å². The third kappa shape index (κ3) is 2.62. The van der Waals surface area contributed by atoms with E-state index in [4.69, 9.17) is 5.73 Å². The minimum Gasteiger partial charge on any atom is -0.333 e. The highest BCUT2D eigenvalue weighted by molar-refractivity contribution is 9.10. The van der Waals surface area contributed by atoms with Gasteiger partial charge in [-0.15, -0.1) is 0 Å². The average Bonchev–Trinajstić information content (AvgIpc) is 2.80. The molecule has 0 amide bonds. The zero-order chi connectivity index (χ0) is 13.1. The lowest BCUT2D eigenvalue weighted by molar-refractivity contribution is 0.600. The molecule has 2 N–H and O–H groups in total. The van der Waals surface area contributed by atoms with Gasteiger partial charge < -0.3 is 10.3 Å². The van der Waals surface area contributed by atoms with E-state index in [1.807, 2.05) is 16.8 Å². The summed E-state index contributed by atoms with van der Waals surface area (Å²) in [5, 5.41) is 0. The lowest BCUT2D eigenvalue weighted by Crippen LogP contribution is -2.18. The molecule has 1 atom stereocenters. The zero-order valence-corrected chi connectivity index (χ0v) is 11.7. The Hall–Kier alpha value is -1.20. The summed E-state index contributed by atoms with van der Waals surface area (Å²) in [7, 11) is 0. The highest BCUT2D eigenvalue weighted by Gasteiger charge is 2.15. The third-order valence-corrected chi connectivity index (χ3v) is 3.44. The van der Waals surface area contributed by atoms with Gasteiger partial charge in [0.25, 0.3) is 0 Å². The molecule has 1 heterocycles. The van der Waals surface area contributed by atoms with Crippen molar-refractivity contribution in [2.75, 3.05) is 0 Å². The Kier molecular flexibility index (Phi) is 4.14. The normalized spacial score (nSPS) is 12.7. The smallest absolute Gasteiger partial charge is 0.137 e. The number of imidazole rings is 1. The summed E-state index contributed by atoms with van der Waals surface area (Å²) in [5.41, 5.74) is 6.87. The molecule has 0 aliphatic heterocycles. The van der Waals surface area contributed by atoms with Crippen molar-refractivity contribution in [2.24, 2.45) is 5.73 Å². The van der Waals surface area contributed by atoms with Crippen molar-refractivity contribution in [1.82, 2.24) is 9.55 Å². The first-order chi connectivity index (χ1) is 8.63. The van der Waals surface area contributed by atoms with Gasteiger partial charge in [-0.25, -0.2) is 9.37 Å². The maximum atomic E-state index is 13.5. The average molecular weight is 312 g/mol. The Morgan fingerprint density at radius 1 is 1.50 bits per heavy atom. The number of rotatable bonds is 4. The van der Waals surface area contributed by atoms with E-state index in [1.165, 1.54) is 6.07 Å². The van der Waals surface area contributed by atoms with Gasteiger partial charge in [0, 0.05) is 18.9 Å². The molecule has 0 fully saturated rings. The van der Waals surface area contributed by atoms with Crippen LogP contribution in [-0.2, 0) is 6.54 Å². The van der Waals surface area contributed by atoms with Crippen LogP contribution in [0.15, 0.2) is 35.1 Å². The molecule has 0 saturated carbocycles.